The van der Waals surface area contributed by atoms with Crippen molar-refractivity contribution in [1.29, 1.82) is 0 Å². The van der Waals surface area contributed by atoms with E-state index < -0.39 is 27.4 Å². The molecule has 3 heterocycles. The summed E-state index contributed by atoms with van der Waals surface area (Å²) in [7, 11) is -1.16. The maximum atomic E-state index is 13.2. The predicted molar refractivity (Wildman–Crippen MR) is 98.4 cm³/mol. The van der Waals surface area contributed by atoms with Gasteiger partial charge in [0.25, 0.3) is 21.1 Å². The van der Waals surface area contributed by atoms with Gasteiger partial charge in [0.2, 0.25) is 11.5 Å². The number of carbonyl (C=O) groups excluding carboxylic acids is 1. The van der Waals surface area contributed by atoms with Crippen LogP contribution < -0.4 is 10.2 Å². The highest BCUT2D eigenvalue weighted by Crippen LogP contribution is 2.56. The Labute approximate surface area is 153 Å². The Morgan fingerprint density at radius 2 is 2.04 bits per heavy atom. The maximum Gasteiger partial charge on any atom is 0.296 e. The number of primary amides is 1. The fraction of sp³-hybridized carbons (Fsp3) is 0.125. The first kappa shape index (κ1) is 16.8. The van der Waals surface area contributed by atoms with Gasteiger partial charge in [-0.3, -0.25) is 9.10 Å². The minimum atomic E-state index is -4.09. The molecule has 0 spiro atoms. The molecule has 10 heteroatoms. The van der Waals surface area contributed by atoms with Crippen LogP contribution in [0.15, 0.2) is 53.0 Å². The SMILES string of the molecule is CN1C(C(N)=O)=C(O)C2=C(c3ccccc3[N+]2(C)c2nccs2)S1(=O)=O. The Morgan fingerprint density at radius 1 is 1.35 bits per heavy atom. The van der Waals surface area contributed by atoms with Crippen molar-refractivity contribution in [3.63, 3.8) is 0 Å². The second-order valence-electron chi connectivity index (χ2n) is 6.05. The molecular weight excluding hydrogens is 376 g/mol. The largest absolute Gasteiger partial charge is 0.501 e. The summed E-state index contributed by atoms with van der Waals surface area (Å²) in [5, 5.41) is 13.2. The zero-order chi connectivity index (χ0) is 18.9. The Balaban J connectivity index is 2.20. The van der Waals surface area contributed by atoms with E-state index in [0.717, 1.165) is 4.31 Å². The van der Waals surface area contributed by atoms with Crippen LogP contribution in [-0.2, 0) is 14.8 Å². The Morgan fingerprint density at radius 3 is 2.65 bits per heavy atom. The molecule has 1 aromatic carbocycles. The maximum absolute atomic E-state index is 13.2. The molecule has 1 amide bonds. The van der Waals surface area contributed by atoms with Crippen molar-refractivity contribution in [3.05, 3.63) is 58.6 Å². The lowest BCUT2D eigenvalue weighted by Crippen LogP contribution is -2.43. The number of fused-ring (bicyclic) bond motifs is 2. The topological polar surface area (TPSA) is 114 Å². The van der Waals surface area contributed by atoms with Crippen molar-refractivity contribution in [2.24, 2.45) is 5.73 Å². The number of hydrogen-bond donors (Lipinski definition) is 2. The molecular formula is C16H15N4O4S2+. The molecule has 134 valence electrons. The predicted octanol–water partition coefficient (Wildman–Crippen LogP) is 1.62. The highest BCUT2D eigenvalue weighted by Gasteiger charge is 2.57. The third kappa shape index (κ3) is 1.83. The Bertz CT molecular complexity index is 1120. The van der Waals surface area contributed by atoms with Gasteiger partial charge in [-0.05, 0) is 6.07 Å². The van der Waals surface area contributed by atoms with Gasteiger partial charge in [0.05, 0.1) is 12.6 Å². The first-order valence-electron chi connectivity index (χ1n) is 7.56. The van der Waals surface area contributed by atoms with Crippen molar-refractivity contribution < 1.29 is 18.3 Å². The van der Waals surface area contributed by atoms with E-state index in [1.165, 1.54) is 18.4 Å². The first-order valence-corrected chi connectivity index (χ1v) is 9.88. The number of likely N-dealkylation sites (N-methyl/N-ethyl adjacent to an activating group) is 2. The number of para-hydroxylation sites is 1. The molecule has 0 fully saturated rings. The van der Waals surface area contributed by atoms with E-state index in [-0.39, 0.29) is 15.1 Å². The second-order valence-corrected chi connectivity index (χ2v) is 8.83. The summed E-state index contributed by atoms with van der Waals surface area (Å²) in [4.78, 5) is 16.2. The molecule has 4 rings (SSSR count). The molecule has 2 aromatic rings. The number of nitrogens with zero attached hydrogens (tertiary/aromatic N) is 3. The van der Waals surface area contributed by atoms with Crippen molar-refractivity contribution in [1.82, 2.24) is 13.8 Å². The number of amides is 1. The van der Waals surface area contributed by atoms with Gasteiger partial charge in [0, 0.05) is 24.7 Å². The summed E-state index contributed by atoms with van der Waals surface area (Å²) in [5.41, 5.74) is 6.08. The summed E-state index contributed by atoms with van der Waals surface area (Å²) < 4.78 is 26.9. The van der Waals surface area contributed by atoms with Crippen LogP contribution in [0, 0.1) is 0 Å². The van der Waals surface area contributed by atoms with E-state index in [1.807, 2.05) is 0 Å². The number of benzene rings is 1. The van der Waals surface area contributed by atoms with E-state index in [4.69, 9.17) is 5.73 Å². The number of carbonyl (C=O) groups is 1. The zero-order valence-electron chi connectivity index (χ0n) is 13.9. The highest BCUT2D eigenvalue weighted by molar-refractivity contribution is 7.98. The molecule has 2 aliphatic heterocycles. The average Bonchev–Trinajstić information content (AvgIpc) is 3.20. The molecule has 8 nitrogen and oxygen atoms in total. The van der Waals surface area contributed by atoms with Crippen LogP contribution in [0.5, 0.6) is 0 Å². The molecule has 0 radical (unpaired) electrons. The summed E-state index contributed by atoms with van der Waals surface area (Å²) >= 11 is 1.32. The number of nitrogens with two attached hydrogens (primary N) is 1. The van der Waals surface area contributed by atoms with Crippen molar-refractivity contribution >= 4 is 43.0 Å². The van der Waals surface area contributed by atoms with E-state index in [1.54, 1.807) is 42.9 Å². The van der Waals surface area contributed by atoms with Gasteiger partial charge in [-0.1, -0.05) is 23.5 Å². The Hall–Kier alpha value is -2.69. The number of aliphatic hydroxyl groups is 1. The standard InChI is InChI=1S/C16H14N4O4S2/c1-19-11(15(17)22)13(21)12-14(26(19,23)24)9-5-3-4-6-10(9)20(12,2)16-18-7-8-25-16/h3-8H,1-2H3,(H2-,17,21,22)/p+1. The van der Waals surface area contributed by atoms with Gasteiger partial charge in [0.1, 0.15) is 0 Å². The van der Waals surface area contributed by atoms with Crippen LogP contribution in [0.2, 0.25) is 0 Å². The fourth-order valence-corrected chi connectivity index (χ4v) is 5.94. The lowest BCUT2D eigenvalue weighted by molar-refractivity contribution is -0.115. The molecule has 2 aliphatic rings. The smallest absolute Gasteiger partial charge is 0.296 e. The van der Waals surface area contributed by atoms with Crippen LogP contribution in [-0.4, -0.2) is 42.8 Å². The van der Waals surface area contributed by atoms with Gasteiger partial charge in [0.15, 0.2) is 16.3 Å². The van der Waals surface area contributed by atoms with Crippen LogP contribution in [0.3, 0.4) is 0 Å². The molecule has 0 saturated heterocycles. The van der Waals surface area contributed by atoms with Crippen molar-refractivity contribution in [2.45, 2.75) is 0 Å². The third-order valence-electron chi connectivity index (χ3n) is 4.71. The molecule has 1 atom stereocenters. The number of sulfonamides is 1. The van der Waals surface area contributed by atoms with Crippen molar-refractivity contribution in [3.8, 4) is 0 Å². The average molecular weight is 391 g/mol. The molecule has 3 N–H and O–H groups in total. The normalized spacial score (nSPS) is 23.8. The van der Waals surface area contributed by atoms with Gasteiger partial charge < -0.3 is 10.8 Å². The molecule has 0 bridgehead atoms. The summed E-state index contributed by atoms with van der Waals surface area (Å²) in [6.07, 6.45) is 1.60. The number of hydrogen-bond acceptors (Lipinski definition) is 6. The second kappa shape index (κ2) is 5.16. The molecule has 1 unspecified atom stereocenters. The lowest BCUT2D eigenvalue weighted by Gasteiger charge is -2.32. The zero-order valence-corrected chi connectivity index (χ0v) is 15.5. The summed E-state index contributed by atoms with van der Waals surface area (Å²) in [5.74, 6) is -1.49. The van der Waals surface area contributed by atoms with Crippen LogP contribution >= 0.6 is 11.3 Å². The number of quaternary nitrogens is 1. The molecule has 26 heavy (non-hydrogen) atoms. The van der Waals surface area contributed by atoms with E-state index in [9.17, 15) is 18.3 Å². The minimum absolute atomic E-state index is 0.0456. The number of aromatic nitrogens is 1. The van der Waals surface area contributed by atoms with Crippen LogP contribution in [0.4, 0.5) is 10.8 Å². The van der Waals surface area contributed by atoms with E-state index in [2.05, 4.69) is 4.98 Å². The van der Waals surface area contributed by atoms with Crippen molar-refractivity contribution in [2.75, 3.05) is 14.1 Å². The number of thiazole rings is 1. The number of rotatable bonds is 2. The minimum Gasteiger partial charge on any atom is -0.501 e. The molecule has 0 saturated carbocycles. The van der Waals surface area contributed by atoms with E-state index >= 15 is 0 Å². The van der Waals surface area contributed by atoms with E-state index in [0.29, 0.717) is 16.4 Å². The summed E-state index contributed by atoms with van der Waals surface area (Å²) in [6.45, 7) is 0. The van der Waals surface area contributed by atoms with Gasteiger partial charge in [-0.25, -0.2) is 8.42 Å². The monoisotopic (exact) mass is 391 g/mol. The first-order chi connectivity index (χ1) is 12.2. The quantitative estimate of drug-likeness (QED) is 0.755. The van der Waals surface area contributed by atoms with Crippen LogP contribution in [0.25, 0.3) is 4.91 Å². The van der Waals surface area contributed by atoms with Gasteiger partial charge in [-0.2, -0.15) is 9.47 Å². The highest BCUT2D eigenvalue weighted by atomic mass is 32.2. The van der Waals surface area contributed by atoms with Crippen LogP contribution in [0.1, 0.15) is 5.56 Å². The third-order valence-corrected chi connectivity index (χ3v) is 7.48. The van der Waals surface area contributed by atoms with Gasteiger partial charge >= 0.3 is 0 Å². The molecule has 1 aromatic heterocycles. The lowest BCUT2D eigenvalue weighted by atomic mass is 10.2. The fourth-order valence-electron chi connectivity index (χ4n) is 3.51. The Kier molecular flexibility index (Phi) is 3.33. The summed E-state index contributed by atoms with van der Waals surface area (Å²) in [6, 6.07) is 6.96. The molecule has 0 aliphatic carbocycles. The number of aliphatic hydroxyl groups excluding tert-OH is 1. The van der Waals surface area contributed by atoms with Gasteiger partial charge in [-0.15, -0.1) is 0 Å².